The molecule has 0 fully saturated rings. The highest BCUT2D eigenvalue weighted by Gasteiger charge is 2.19. The Bertz CT molecular complexity index is 1090. The Labute approximate surface area is 166 Å². The van der Waals surface area contributed by atoms with Crippen LogP contribution in [0, 0.1) is 0 Å². The number of carbonyl (C=O) groups excluding carboxylic acids is 2. The fourth-order valence-electron chi connectivity index (χ4n) is 3.07. The number of thiophene rings is 1. The molecule has 2 N–H and O–H groups in total. The first kappa shape index (κ1) is 18.0. The van der Waals surface area contributed by atoms with Crippen molar-refractivity contribution in [2.24, 2.45) is 0 Å². The summed E-state index contributed by atoms with van der Waals surface area (Å²) in [5.41, 5.74) is 2.24. The van der Waals surface area contributed by atoms with Gasteiger partial charge in [-0.2, -0.15) is 0 Å². The van der Waals surface area contributed by atoms with Crippen LogP contribution in [0.5, 0.6) is 0 Å². The van der Waals surface area contributed by atoms with E-state index in [1.165, 1.54) is 0 Å². The molecule has 1 amide bonds. The maximum atomic E-state index is 12.5. The number of esters is 1. The van der Waals surface area contributed by atoms with E-state index in [0.717, 1.165) is 21.3 Å². The van der Waals surface area contributed by atoms with Crippen LogP contribution in [0.3, 0.4) is 0 Å². The normalized spacial score (nSPS) is 11.9. The van der Waals surface area contributed by atoms with Gasteiger partial charge in [0.25, 0.3) is 5.91 Å². The number of benzene rings is 2. The Balaban J connectivity index is 1.43. The van der Waals surface area contributed by atoms with Crippen molar-refractivity contribution in [1.29, 1.82) is 0 Å². The first-order valence-electron chi connectivity index (χ1n) is 8.83. The van der Waals surface area contributed by atoms with E-state index in [4.69, 9.17) is 4.74 Å². The van der Waals surface area contributed by atoms with Crippen molar-refractivity contribution in [3.05, 3.63) is 94.3 Å². The molecule has 6 heteroatoms. The number of H-pyrrole nitrogens is 1. The van der Waals surface area contributed by atoms with Crippen molar-refractivity contribution in [3.8, 4) is 0 Å². The van der Waals surface area contributed by atoms with Crippen LogP contribution in [0.4, 0.5) is 0 Å². The molecule has 1 atom stereocenters. The molecular weight excluding hydrogens is 372 g/mol. The highest BCUT2D eigenvalue weighted by Crippen LogP contribution is 2.26. The van der Waals surface area contributed by atoms with Crippen LogP contribution in [0.2, 0.25) is 0 Å². The molecule has 0 aliphatic carbocycles. The summed E-state index contributed by atoms with van der Waals surface area (Å²) >= 11 is 1.57. The minimum absolute atomic E-state index is 0.277. The number of carbonyl (C=O) groups is 2. The standard InChI is InChI=1S/C22H18N2O3S/c25-20(14-27-22(26)17-13-23-18-10-5-4-9-16(17)18)24-21(19-11-6-12-28-19)15-7-2-1-3-8-15/h1-13,21,23H,14H2,(H,24,25)/t21-/m0/s1. The monoisotopic (exact) mass is 390 g/mol. The summed E-state index contributed by atoms with van der Waals surface area (Å²) in [5, 5.41) is 5.70. The van der Waals surface area contributed by atoms with Gasteiger partial charge < -0.3 is 15.0 Å². The van der Waals surface area contributed by atoms with Gasteiger partial charge in [0.1, 0.15) is 0 Å². The van der Waals surface area contributed by atoms with E-state index in [1.807, 2.05) is 72.1 Å². The Kier molecular flexibility index (Phi) is 5.21. The summed E-state index contributed by atoms with van der Waals surface area (Å²) in [5.74, 6) is -0.879. The van der Waals surface area contributed by atoms with E-state index in [0.29, 0.717) is 5.56 Å². The summed E-state index contributed by atoms with van der Waals surface area (Å²) in [6.07, 6.45) is 1.60. The van der Waals surface area contributed by atoms with Gasteiger partial charge in [0.2, 0.25) is 0 Å². The number of hydrogen-bond acceptors (Lipinski definition) is 4. The van der Waals surface area contributed by atoms with Crippen LogP contribution in [0.15, 0.2) is 78.3 Å². The molecule has 0 spiro atoms. The van der Waals surface area contributed by atoms with Gasteiger partial charge in [-0.15, -0.1) is 11.3 Å². The molecule has 4 aromatic rings. The van der Waals surface area contributed by atoms with Crippen LogP contribution in [-0.4, -0.2) is 23.5 Å². The summed E-state index contributed by atoms with van der Waals surface area (Å²) in [6, 6.07) is 20.8. The third-order valence-corrected chi connectivity index (χ3v) is 5.35. The number of para-hydroxylation sites is 1. The average Bonchev–Trinajstić information content (AvgIpc) is 3.41. The Morgan fingerprint density at radius 1 is 1.00 bits per heavy atom. The highest BCUT2D eigenvalue weighted by atomic mass is 32.1. The molecule has 0 aliphatic heterocycles. The molecule has 0 saturated carbocycles. The molecule has 5 nitrogen and oxygen atoms in total. The molecule has 2 aromatic carbocycles. The Morgan fingerprint density at radius 3 is 2.57 bits per heavy atom. The second kappa shape index (κ2) is 8.10. The van der Waals surface area contributed by atoms with Crippen molar-refractivity contribution >= 4 is 34.1 Å². The summed E-state index contributed by atoms with van der Waals surface area (Å²) < 4.78 is 5.24. The Hall–Kier alpha value is -3.38. The fourth-order valence-corrected chi connectivity index (χ4v) is 3.87. The molecular formula is C22H18N2O3S. The van der Waals surface area contributed by atoms with E-state index in [9.17, 15) is 9.59 Å². The van der Waals surface area contributed by atoms with Crippen molar-refractivity contribution in [3.63, 3.8) is 0 Å². The predicted octanol–water partition coefficient (Wildman–Crippen LogP) is 4.29. The van der Waals surface area contributed by atoms with Crippen LogP contribution >= 0.6 is 11.3 Å². The van der Waals surface area contributed by atoms with Crippen molar-refractivity contribution in [2.75, 3.05) is 6.61 Å². The summed E-state index contributed by atoms with van der Waals surface area (Å²) in [4.78, 5) is 28.9. The minimum atomic E-state index is -0.528. The van der Waals surface area contributed by atoms with E-state index >= 15 is 0 Å². The van der Waals surface area contributed by atoms with Gasteiger partial charge in [-0.25, -0.2) is 4.79 Å². The summed E-state index contributed by atoms with van der Waals surface area (Å²) in [7, 11) is 0. The van der Waals surface area contributed by atoms with Gasteiger partial charge in [0.05, 0.1) is 11.6 Å². The van der Waals surface area contributed by atoms with Crippen LogP contribution < -0.4 is 5.32 Å². The van der Waals surface area contributed by atoms with E-state index in [2.05, 4.69) is 10.3 Å². The van der Waals surface area contributed by atoms with E-state index in [1.54, 1.807) is 17.5 Å². The quantitative estimate of drug-likeness (QED) is 0.483. The lowest BCUT2D eigenvalue weighted by molar-refractivity contribution is -0.124. The minimum Gasteiger partial charge on any atom is -0.452 e. The predicted molar refractivity (Wildman–Crippen MR) is 109 cm³/mol. The zero-order chi connectivity index (χ0) is 19.3. The molecule has 0 bridgehead atoms. The first-order valence-corrected chi connectivity index (χ1v) is 9.71. The highest BCUT2D eigenvalue weighted by molar-refractivity contribution is 7.10. The molecule has 0 unspecified atom stereocenters. The number of rotatable bonds is 6. The van der Waals surface area contributed by atoms with Gasteiger partial charge in [-0.1, -0.05) is 54.6 Å². The molecule has 2 aromatic heterocycles. The zero-order valence-electron chi connectivity index (χ0n) is 14.9. The van der Waals surface area contributed by atoms with Crippen LogP contribution in [-0.2, 0) is 9.53 Å². The molecule has 4 rings (SSSR count). The molecule has 2 heterocycles. The number of ether oxygens (including phenoxy) is 1. The van der Waals surface area contributed by atoms with Crippen molar-refractivity contribution in [2.45, 2.75) is 6.04 Å². The molecule has 0 aliphatic rings. The molecule has 0 saturated heterocycles. The molecule has 0 radical (unpaired) electrons. The number of aromatic nitrogens is 1. The average molecular weight is 390 g/mol. The maximum Gasteiger partial charge on any atom is 0.340 e. The number of nitrogens with one attached hydrogen (secondary N) is 2. The van der Waals surface area contributed by atoms with Gasteiger partial charge in [0.15, 0.2) is 6.61 Å². The van der Waals surface area contributed by atoms with Gasteiger partial charge in [-0.3, -0.25) is 4.79 Å². The number of amides is 1. The largest absolute Gasteiger partial charge is 0.452 e. The lowest BCUT2D eigenvalue weighted by Gasteiger charge is -2.18. The van der Waals surface area contributed by atoms with Gasteiger partial charge >= 0.3 is 5.97 Å². The second-order valence-corrected chi connectivity index (χ2v) is 7.23. The lowest BCUT2D eigenvalue weighted by Crippen LogP contribution is -2.32. The first-order chi connectivity index (χ1) is 13.7. The van der Waals surface area contributed by atoms with E-state index in [-0.39, 0.29) is 18.6 Å². The van der Waals surface area contributed by atoms with Gasteiger partial charge in [0, 0.05) is 22.0 Å². The molecule has 28 heavy (non-hydrogen) atoms. The fraction of sp³-hybridized carbons (Fsp3) is 0.0909. The number of aromatic amines is 1. The number of hydrogen-bond donors (Lipinski definition) is 2. The van der Waals surface area contributed by atoms with Gasteiger partial charge in [-0.05, 0) is 23.1 Å². The lowest BCUT2D eigenvalue weighted by atomic mass is 10.1. The zero-order valence-corrected chi connectivity index (χ0v) is 15.7. The van der Waals surface area contributed by atoms with Crippen LogP contribution in [0.1, 0.15) is 26.8 Å². The molecule has 140 valence electrons. The van der Waals surface area contributed by atoms with E-state index < -0.39 is 5.97 Å². The third-order valence-electron chi connectivity index (χ3n) is 4.41. The smallest absolute Gasteiger partial charge is 0.340 e. The maximum absolute atomic E-state index is 12.5. The summed E-state index contributed by atoms with van der Waals surface area (Å²) in [6.45, 7) is -0.340. The Morgan fingerprint density at radius 2 is 1.79 bits per heavy atom. The van der Waals surface area contributed by atoms with Crippen molar-refractivity contribution in [1.82, 2.24) is 10.3 Å². The SMILES string of the molecule is O=C(COC(=O)c1c[nH]c2ccccc12)N[C@@H](c1ccccc1)c1cccs1. The second-order valence-electron chi connectivity index (χ2n) is 6.25. The topological polar surface area (TPSA) is 71.2 Å². The van der Waals surface area contributed by atoms with Crippen molar-refractivity contribution < 1.29 is 14.3 Å². The van der Waals surface area contributed by atoms with Crippen LogP contribution in [0.25, 0.3) is 10.9 Å². The number of fused-ring (bicyclic) bond motifs is 1. The third kappa shape index (κ3) is 3.82.